The third-order valence-electron chi connectivity index (χ3n) is 10.4. The Morgan fingerprint density at radius 1 is 0.250 bits per heavy atom. The van der Waals surface area contributed by atoms with Crippen molar-refractivity contribution in [2.24, 2.45) is 0 Å². The van der Waals surface area contributed by atoms with Crippen LogP contribution in [-0.4, -0.2) is 9.13 Å². The highest BCUT2D eigenvalue weighted by Gasteiger charge is 2.13. The lowest BCUT2D eigenvalue weighted by Gasteiger charge is -2.10. The first-order chi connectivity index (χ1) is 25.8. The molecule has 0 aliphatic rings. The fourth-order valence-corrected chi connectivity index (χ4v) is 7.77. The van der Waals surface area contributed by atoms with Gasteiger partial charge in [0.1, 0.15) is 0 Å². The van der Waals surface area contributed by atoms with E-state index >= 15 is 0 Å². The van der Waals surface area contributed by atoms with Crippen LogP contribution in [0.2, 0.25) is 0 Å². The van der Waals surface area contributed by atoms with Crippen LogP contribution in [-0.2, 0) is 0 Å². The van der Waals surface area contributed by atoms with Crippen molar-refractivity contribution in [3.05, 3.63) is 205 Å². The molecule has 0 aliphatic carbocycles. The Balaban J connectivity index is 0.844. The Hall–Kier alpha value is -6.90. The van der Waals surface area contributed by atoms with Crippen LogP contribution in [0.4, 0.5) is 0 Å². The van der Waals surface area contributed by atoms with Gasteiger partial charge in [-0.2, -0.15) is 0 Å². The maximum Gasteiger partial charge on any atom is 0.0541 e. The Morgan fingerprint density at radius 2 is 0.500 bits per heavy atom. The minimum Gasteiger partial charge on any atom is -0.309 e. The van der Waals surface area contributed by atoms with Crippen molar-refractivity contribution in [3.63, 3.8) is 0 Å². The summed E-state index contributed by atoms with van der Waals surface area (Å²) in [6.07, 6.45) is 4.37. The Bertz CT molecular complexity index is 2590. The summed E-state index contributed by atoms with van der Waals surface area (Å²) in [4.78, 5) is 0. The lowest BCUT2D eigenvalue weighted by Crippen LogP contribution is -1.93. The molecule has 2 heteroatoms. The first kappa shape index (κ1) is 30.0. The van der Waals surface area contributed by atoms with Gasteiger partial charge < -0.3 is 9.13 Å². The molecule has 0 saturated heterocycles. The van der Waals surface area contributed by atoms with Crippen LogP contribution in [0.5, 0.6) is 0 Å². The molecular weight excluding hydrogens is 629 g/mol. The second-order valence-electron chi connectivity index (χ2n) is 13.4. The molecule has 52 heavy (non-hydrogen) atoms. The van der Waals surface area contributed by atoms with Gasteiger partial charge in [0.2, 0.25) is 0 Å². The smallest absolute Gasteiger partial charge is 0.0541 e. The molecule has 10 aromatic rings. The quantitative estimate of drug-likeness (QED) is 0.157. The molecule has 0 saturated carbocycles. The normalized spacial score (nSPS) is 11.8. The van der Waals surface area contributed by atoms with E-state index in [0.717, 1.165) is 0 Å². The predicted molar refractivity (Wildman–Crippen MR) is 221 cm³/mol. The molecule has 2 heterocycles. The van der Waals surface area contributed by atoms with Crippen LogP contribution in [0.3, 0.4) is 0 Å². The first-order valence-electron chi connectivity index (χ1n) is 17.8. The van der Waals surface area contributed by atoms with E-state index in [1.165, 1.54) is 88.4 Å². The van der Waals surface area contributed by atoms with Crippen LogP contribution < -0.4 is 0 Å². The molecule has 0 amide bonds. The standard InChI is InChI=1S/C50H34N2/c1-5-13-47-43(9-1)44-10-2-6-14-48(44)51(47)41-31-27-39(28-32-41)37-23-19-35(20-24-37)17-18-36-21-25-38(26-22-36)40-29-33-42(34-30-40)52-49-15-7-3-11-45(49)46-12-4-8-16-50(46)52/h1-34H/b18-17+. The molecular formula is C50H34N2. The fourth-order valence-electron chi connectivity index (χ4n) is 7.77. The number of fused-ring (bicyclic) bond motifs is 6. The summed E-state index contributed by atoms with van der Waals surface area (Å²) < 4.78 is 4.72. The summed E-state index contributed by atoms with van der Waals surface area (Å²) in [5, 5.41) is 5.12. The van der Waals surface area contributed by atoms with Crippen LogP contribution in [0, 0.1) is 0 Å². The van der Waals surface area contributed by atoms with Crippen molar-refractivity contribution in [3.8, 4) is 33.6 Å². The van der Waals surface area contributed by atoms with E-state index in [4.69, 9.17) is 0 Å². The number of nitrogens with zero attached hydrogens (tertiary/aromatic N) is 2. The number of aromatic nitrogens is 2. The van der Waals surface area contributed by atoms with Gasteiger partial charge >= 0.3 is 0 Å². The average Bonchev–Trinajstić information content (AvgIpc) is 3.74. The van der Waals surface area contributed by atoms with Crippen molar-refractivity contribution >= 4 is 55.8 Å². The average molecular weight is 663 g/mol. The molecule has 0 atom stereocenters. The Morgan fingerprint density at radius 3 is 0.788 bits per heavy atom. The Labute approximate surface area is 302 Å². The highest BCUT2D eigenvalue weighted by molar-refractivity contribution is 6.10. The van der Waals surface area contributed by atoms with Crippen LogP contribution in [0.25, 0.3) is 89.4 Å². The van der Waals surface area contributed by atoms with E-state index < -0.39 is 0 Å². The van der Waals surface area contributed by atoms with Crippen molar-refractivity contribution < 1.29 is 0 Å². The maximum absolute atomic E-state index is 2.36. The summed E-state index contributed by atoms with van der Waals surface area (Å²) >= 11 is 0. The maximum atomic E-state index is 2.36. The van der Waals surface area contributed by atoms with Crippen molar-refractivity contribution in [2.45, 2.75) is 0 Å². The number of para-hydroxylation sites is 4. The molecule has 0 aliphatic heterocycles. The zero-order valence-electron chi connectivity index (χ0n) is 28.5. The van der Waals surface area contributed by atoms with Crippen LogP contribution in [0.15, 0.2) is 194 Å². The molecule has 10 rings (SSSR count). The van der Waals surface area contributed by atoms with Crippen molar-refractivity contribution in [1.82, 2.24) is 9.13 Å². The van der Waals surface area contributed by atoms with Gasteiger partial charge in [0, 0.05) is 32.9 Å². The van der Waals surface area contributed by atoms with Crippen molar-refractivity contribution in [1.29, 1.82) is 0 Å². The zero-order chi connectivity index (χ0) is 34.4. The van der Waals surface area contributed by atoms with Gasteiger partial charge in [-0.1, -0.05) is 158 Å². The van der Waals surface area contributed by atoms with Gasteiger partial charge in [0.15, 0.2) is 0 Å². The lowest BCUT2D eigenvalue weighted by atomic mass is 10.0. The second-order valence-corrected chi connectivity index (χ2v) is 13.4. The number of hydrogen-bond acceptors (Lipinski definition) is 0. The highest BCUT2D eigenvalue weighted by atomic mass is 15.0. The van der Waals surface area contributed by atoms with Gasteiger partial charge in [0.05, 0.1) is 22.1 Å². The monoisotopic (exact) mass is 662 g/mol. The van der Waals surface area contributed by atoms with Gasteiger partial charge in [-0.25, -0.2) is 0 Å². The van der Waals surface area contributed by atoms with E-state index in [1.54, 1.807) is 0 Å². The molecule has 2 aromatic heterocycles. The largest absolute Gasteiger partial charge is 0.309 e. The number of benzene rings is 8. The predicted octanol–water partition coefficient (Wildman–Crippen LogP) is 13.4. The van der Waals surface area contributed by atoms with Gasteiger partial charge in [0.25, 0.3) is 0 Å². The van der Waals surface area contributed by atoms with E-state index in [-0.39, 0.29) is 0 Å². The summed E-state index contributed by atoms with van der Waals surface area (Å²) in [6, 6.07) is 70.0. The molecule has 0 N–H and O–H groups in total. The van der Waals surface area contributed by atoms with Crippen molar-refractivity contribution in [2.75, 3.05) is 0 Å². The summed E-state index contributed by atoms with van der Waals surface area (Å²) in [7, 11) is 0. The minimum atomic E-state index is 1.17. The SMILES string of the molecule is C(=C\c1ccc(-c2ccc(-n3c4ccccc4c4ccccc43)cc2)cc1)/c1ccc(-c2ccc(-n3c4ccccc4c4ccccc43)cc2)cc1. The zero-order valence-corrected chi connectivity index (χ0v) is 28.5. The summed E-state index contributed by atoms with van der Waals surface area (Å²) in [6.45, 7) is 0. The third kappa shape index (κ3) is 5.12. The number of hydrogen-bond donors (Lipinski definition) is 0. The molecule has 244 valence electrons. The molecule has 2 nitrogen and oxygen atoms in total. The molecule has 0 fully saturated rings. The molecule has 8 aromatic carbocycles. The van der Waals surface area contributed by atoms with Crippen LogP contribution >= 0.6 is 0 Å². The topological polar surface area (TPSA) is 9.86 Å². The third-order valence-corrected chi connectivity index (χ3v) is 10.4. The molecule has 0 spiro atoms. The molecule has 0 unspecified atom stereocenters. The second kappa shape index (κ2) is 12.5. The summed E-state index contributed by atoms with van der Waals surface area (Å²) in [5.74, 6) is 0. The molecule has 0 bridgehead atoms. The van der Waals surface area contributed by atoms with E-state index in [9.17, 15) is 0 Å². The number of rotatable bonds is 6. The van der Waals surface area contributed by atoms with Gasteiger partial charge in [-0.15, -0.1) is 0 Å². The first-order valence-corrected chi connectivity index (χ1v) is 17.8. The van der Waals surface area contributed by atoms with Gasteiger partial charge in [-0.05, 0) is 81.9 Å². The van der Waals surface area contributed by atoms with E-state index in [2.05, 4.69) is 215 Å². The van der Waals surface area contributed by atoms with E-state index in [0.29, 0.717) is 0 Å². The van der Waals surface area contributed by atoms with E-state index in [1.807, 2.05) is 0 Å². The highest BCUT2D eigenvalue weighted by Crippen LogP contribution is 2.34. The summed E-state index contributed by atoms with van der Waals surface area (Å²) in [5.41, 5.74) is 14.4. The fraction of sp³-hybridized carbons (Fsp3) is 0. The lowest BCUT2D eigenvalue weighted by molar-refractivity contribution is 1.18. The molecule has 0 radical (unpaired) electrons. The Kier molecular flexibility index (Phi) is 7.18. The van der Waals surface area contributed by atoms with Gasteiger partial charge in [-0.3, -0.25) is 0 Å². The van der Waals surface area contributed by atoms with Crippen LogP contribution in [0.1, 0.15) is 11.1 Å². The minimum absolute atomic E-state index is 1.17.